The highest BCUT2D eigenvalue weighted by Crippen LogP contribution is 2.23. The fourth-order valence-corrected chi connectivity index (χ4v) is 3.31. The molecule has 4 heteroatoms. The molecule has 0 unspecified atom stereocenters. The zero-order valence-electron chi connectivity index (χ0n) is 14.7. The van der Waals surface area contributed by atoms with Gasteiger partial charge in [0.05, 0.1) is 0 Å². The van der Waals surface area contributed by atoms with E-state index in [0.717, 1.165) is 44.3 Å². The van der Waals surface area contributed by atoms with Crippen molar-refractivity contribution < 1.29 is 4.74 Å². The molecule has 3 aromatic rings. The van der Waals surface area contributed by atoms with Crippen molar-refractivity contribution in [2.24, 2.45) is 0 Å². The van der Waals surface area contributed by atoms with Gasteiger partial charge >= 0.3 is 0 Å². The first kappa shape index (κ1) is 18.0. The van der Waals surface area contributed by atoms with Gasteiger partial charge in [-0.25, -0.2) is 0 Å². The van der Waals surface area contributed by atoms with Crippen LogP contribution in [0.25, 0.3) is 10.9 Å². The van der Waals surface area contributed by atoms with Crippen molar-refractivity contribution in [1.29, 1.82) is 0 Å². The van der Waals surface area contributed by atoms with E-state index < -0.39 is 0 Å². The number of rotatable bonds is 9. The Labute approximate surface area is 154 Å². The van der Waals surface area contributed by atoms with E-state index in [1.165, 1.54) is 22.0 Å². The monoisotopic (exact) mass is 356 g/mol. The Bertz CT molecular complexity index is 813. The van der Waals surface area contributed by atoms with Crippen LogP contribution >= 0.6 is 11.6 Å². The van der Waals surface area contributed by atoms with Crippen LogP contribution in [0.15, 0.2) is 54.7 Å². The summed E-state index contributed by atoms with van der Waals surface area (Å²) in [6.07, 6.45) is 3.29. The molecule has 3 rings (SSSR count). The number of aromatic nitrogens is 1. The van der Waals surface area contributed by atoms with Gasteiger partial charge in [-0.05, 0) is 49.2 Å². The molecule has 1 heterocycles. The standard InChI is InChI=1S/C21H25ClN2O/c1-2-25-12-6-11-23-14-18-16-24(21-10-4-3-9-20(18)21)15-17-7-5-8-19(22)13-17/h3-5,7-10,13,16,23H,2,6,11-12,14-15H2,1H3. The summed E-state index contributed by atoms with van der Waals surface area (Å²) in [5.74, 6) is 0. The maximum atomic E-state index is 6.13. The third kappa shape index (κ3) is 4.85. The van der Waals surface area contributed by atoms with Crippen molar-refractivity contribution >= 4 is 22.5 Å². The van der Waals surface area contributed by atoms with Crippen molar-refractivity contribution in [2.75, 3.05) is 19.8 Å². The van der Waals surface area contributed by atoms with Gasteiger partial charge < -0.3 is 14.6 Å². The van der Waals surface area contributed by atoms with E-state index in [4.69, 9.17) is 16.3 Å². The minimum Gasteiger partial charge on any atom is -0.382 e. The molecule has 0 spiro atoms. The number of fused-ring (bicyclic) bond motifs is 1. The maximum Gasteiger partial charge on any atom is 0.0486 e. The quantitative estimate of drug-likeness (QED) is 0.554. The van der Waals surface area contributed by atoms with Gasteiger partial charge in [0.25, 0.3) is 0 Å². The van der Waals surface area contributed by atoms with Gasteiger partial charge in [0.2, 0.25) is 0 Å². The van der Waals surface area contributed by atoms with Gasteiger partial charge in [0.1, 0.15) is 0 Å². The summed E-state index contributed by atoms with van der Waals surface area (Å²) in [6.45, 7) is 6.30. The molecule has 0 atom stereocenters. The van der Waals surface area contributed by atoms with E-state index in [1.807, 2.05) is 25.1 Å². The molecule has 2 aromatic carbocycles. The summed E-state index contributed by atoms with van der Waals surface area (Å²) in [5, 5.41) is 5.61. The van der Waals surface area contributed by atoms with Crippen molar-refractivity contribution in [1.82, 2.24) is 9.88 Å². The molecule has 0 saturated heterocycles. The fraction of sp³-hybridized carbons (Fsp3) is 0.333. The van der Waals surface area contributed by atoms with Crippen LogP contribution in [0.3, 0.4) is 0 Å². The summed E-state index contributed by atoms with van der Waals surface area (Å²) < 4.78 is 7.69. The van der Waals surface area contributed by atoms with Crippen LogP contribution in [-0.2, 0) is 17.8 Å². The Morgan fingerprint density at radius 2 is 2.00 bits per heavy atom. The SMILES string of the molecule is CCOCCCNCc1cn(Cc2cccc(Cl)c2)c2ccccc12. The van der Waals surface area contributed by atoms with E-state index in [-0.39, 0.29) is 0 Å². The zero-order chi connectivity index (χ0) is 17.5. The van der Waals surface area contributed by atoms with Crippen molar-refractivity contribution in [3.63, 3.8) is 0 Å². The normalized spacial score (nSPS) is 11.3. The summed E-state index contributed by atoms with van der Waals surface area (Å²) >= 11 is 6.13. The summed E-state index contributed by atoms with van der Waals surface area (Å²) in [7, 11) is 0. The van der Waals surface area contributed by atoms with Crippen molar-refractivity contribution in [3.05, 3.63) is 70.9 Å². The highest BCUT2D eigenvalue weighted by atomic mass is 35.5. The molecule has 0 fully saturated rings. The van der Waals surface area contributed by atoms with Crippen LogP contribution < -0.4 is 5.32 Å². The van der Waals surface area contributed by atoms with E-state index in [2.05, 4.69) is 46.4 Å². The molecule has 0 aliphatic heterocycles. The molecule has 0 aliphatic carbocycles. The van der Waals surface area contributed by atoms with Gasteiger partial charge in [0.15, 0.2) is 0 Å². The molecule has 25 heavy (non-hydrogen) atoms. The molecule has 0 saturated carbocycles. The summed E-state index contributed by atoms with van der Waals surface area (Å²) in [6, 6.07) is 16.6. The molecular weight excluding hydrogens is 332 g/mol. The number of ether oxygens (including phenoxy) is 1. The molecule has 1 aromatic heterocycles. The molecule has 3 nitrogen and oxygen atoms in total. The average Bonchev–Trinajstić information content (AvgIpc) is 2.96. The Morgan fingerprint density at radius 3 is 2.84 bits per heavy atom. The summed E-state index contributed by atoms with van der Waals surface area (Å²) in [4.78, 5) is 0. The second kappa shape index (κ2) is 9.04. The predicted octanol–water partition coefficient (Wildman–Crippen LogP) is 4.86. The molecule has 1 N–H and O–H groups in total. The van der Waals surface area contributed by atoms with Crippen LogP contribution in [0.5, 0.6) is 0 Å². The maximum absolute atomic E-state index is 6.13. The number of para-hydroxylation sites is 1. The Morgan fingerprint density at radius 1 is 1.12 bits per heavy atom. The highest BCUT2D eigenvalue weighted by molar-refractivity contribution is 6.30. The Hall–Kier alpha value is -1.81. The van der Waals surface area contributed by atoms with Crippen LogP contribution in [-0.4, -0.2) is 24.3 Å². The lowest BCUT2D eigenvalue weighted by Crippen LogP contribution is -2.16. The minimum atomic E-state index is 0.783. The second-order valence-electron chi connectivity index (χ2n) is 6.16. The number of nitrogens with zero attached hydrogens (tertiary/aromatic N) is 1. The summed E-state index contributed by atoms with van der Waals surface area (Å²) in [5.41, 5.74) is 3.80. The van der Waals surface area contributed by atoms with Crippen LogP contribution in [0.2, 0.25) is 5.02 Å². The lowest BCUT2D eigenvalue weighted by atomic mass is 10.2. The van der Waals surface area contributed by atoms with Gasteiger partial charge in [-0.3, -0.25) is 0 Å². The van der Waals surface area contributed by atoms with E-state index >= 15 is 0 Å². The van der Waals surface area contributed by atoms with Gasteiger partial charge in [-0.2, -0.15) is 0 Å². The van der Waals surface area contributed by atoms with Gasteiger partial charge in [0, 0.05) is 48.4 Å². The Kier molecular flexibility index (Phi) is 6.51. The van der Waals surface area contributed by atoms with Gasteiger partial charge in [-0.1, -0.05) is 41.9 Å². The lowest BCUT2D eigenvalue weighted by Gasteiger charge is -2.06. The lowest BCUT2D eigenvalue weighted by molar-refractivity contribution is 0.144. The first-order chi connectivity index (χ1) is 12.3. The third-order valence-corrected chi connectivity index (χ3v) is 4.51. The molecule has 0 bridgehead atoms. The highest BCUT2D eigenvalue weighted by Gasteiger charge is 2.08. The fourth-order valence-electron chi connectivity index (χ4n) is 3.09. The molecule has 0 amide bonds. The largest absolute Gasteiger partial charge is 0.382 e. The smallest absolute Gasteiger partial charge is 0.0486 e. The first-order valence-electron chi connectivity index (χ1n) is 8.87. The topological polar surface area (TPSA) is 26.2 Å². The number of hydrogen-bond acceptors (Lipinski definition) is 2. The van der Waals surface area contributed by atoms with E-state index in [0.29, 0.717) is 0 Å². The third-order valence-electron chi connectivity index (χ3n) is 4.27. The molecule has 132 valence electrons. The Balaban J connectivity index is 1.71. The van der Waals surface area contributed by atoms with Crippen LogP contribution in [0.1, 0.15) is 24.5 Å². The van der Waals surface area contributed by atoms with Crippen molar-refractivity contribution in [2.45, 2.75) is 26.4 Å². The number of nitrogens with one attached hydrogen (secondary N) is 1. The molecule has 0 radical (unpaired) electrons. The zero-order valence-corrected chi connectivity index (χ0v) is 15.4. The molecular formula is C21H25ClN2O. The molecule has 0 aliphatic rings. The van der Waals surface area contributed by atoms with E-state index in [9.17, 15) is 0 Å². The number of hydrogen-bond donors (Lipinski definition) is 1. The van der Waals surface area contributed by atoms with E-state index in [1.54, 1.807) is 0 Å². The van der Waals surface area contributed by atoms with Gasteiger partial charge in [-0.15, -0.1) is 0 Å². The van der Waals surface area contributed by atoms with Crippen LogP contribution in [0, 0.1) is 0 Å². The van der Waals surface area contributed by atoms with Crippen LogP contribution in [0.4, 0.5) is 0 Å². The number of benzene rings is 2. The predicted molar refractivity (Wildman–Crippen MR) is 105 cm³/mol. The number of halogens is 1. The average molecular weight is 357 g/mol. The first-order valence-corrected chi connectivity index (χ1v) is 9.25. The second-order valence-corrected chi connectivity index (χ2v) is 6.59. The minimum absolute atomic E-state index is 0.783. The van der Waals surface area contributed by atoms with Crippen molar-refractivity contribution in [3.8, 4) is 0 Å².